The van der Waals surface area contributed by atoms with E-state index in [0.29, 0.717) is 48.2 Å². The number of ether oxygens (including phenoxy) is 1. The highest BCUT2D eigenvalue weighted by Gasteiger charge is 2.23. The molecule has 2 aromatic heterocycles. The van der Waals surface area contributed by atoms with E-state index >= 15 is 0 Å². The van der Waals surface area contributed by atoms with Crippen molar-refractivity contribution in [3.05, 3.63) is 47.8 Å². The molecule has 1 N–H and O–H groups in total. The Bertz CT molecular complexity index is 1120. The minimum absolute atomic E-state index is 0.265. The number of carbonyl (C=O) groups is 1. The third-order valence-corrected chi connectivity index (χ3v) is 4.65. The summed E-state index contributed by atoms with van der Waals surface area (Å²) in [4.78, 5) is 17.5. The Morgan fingerprint density at radius 3 is 3.11 bits per heavy atom. The van der Waals surface area contributed by atoms with Gasteiger partial charge in [0.05, 0.1) is 29.4 Å². The first-order valence-corrected chi connectivity index (χ1v) is 9.14. The first-order valence-electron chi connectivity index (χ1n) is 9.14. The number of carbonyl (C=O) groups excluding carboxylic acids is 1. The Morgan fingerprint density at radius 2 is 2.32 bits per heavy atom. The van der Waals surface area contributed by atoms with Gasteiger partial charge in [0.1, 0.15) is 23.6 Å². The molecule has 0 spiro atoms. The van der Waals surface area contributed by atoms with Crippen LogP contribution in [0.5, 0.6) is 5.75 Å². The van der Waals surface area contributed by atoms with E-state index in [9.17, 15) is 10.1 Å². The smallest absolute Gasteiger partial charge is 0.276 e. The lowest BCUT2D eigenvalue weighted by atomic mass is 10.2. The molecule has 0 saturated carbocycles. The van der Waals surface area contributed by atoms with Crippen LogP contribution in [-0.2, 0) is 13.1 Å². The Hall–Kier alpha value is -3.60. The molecule has 0 fully saturated rings. The fraction of sp³-hybridized carbons (Fsp3) is 0.300. The van der Waals surface area contributed by atoms with Gasteiger partial charge in [-0.2, -0.15) is 10.4 Å². The predicted molar refractivity (Wildman–Crippen MR) is 104 cm³/mol. The SMILES string of the molecule is C=CCCCn1nc(C)cc1C(=O)Nc1nc2cc(C#N)cc3c2n1CCO3. The molecule has 28 heavy (non-hydrogen) atoms. The summed E-state index contributed by atoms with van der Waals surface area (Å²) in [7, 11) is 0. The maximum atomic E-state index is 12.9. The molecule has 1 aliphatic heterocycles. The molecular formula is C20H20N6O2. The second kappa shape index (κ2) is 7.19. The summed E-state index contributed by atoms with van der Waals surface area (Å²) in [5.41, 5.74) is 3.16. The summed E-state index contributed by atoms with van der Waals surface area (Å²) < 4.78 is 9.30. The van der Waals surface area contributed by atoms with Gasteiger partial charge in [-0.1, -0.05) is 6.08 Å². The number of allylic oxidation sites excluding steroid dienone is 1. The van der Waals surface area contributed by atoms with Crippen molar-refractivity contribution in [2.24, 2.45) is 0 Å². The van der Waals surface area contributed by atoms with Crippen LogP contribution in [0.4, 0.5) is 5.95 Å². The van der Waals surface area contributed by atoms with Crippen molar-refractivity contribution in [2.45, 2.75) is 32.9 Å². The van der Waals surface area contributed by atoms with Crippen LogP contribution in [0.3, 0.4) is 0 Å². The standard InChI is InChI=1S/C20H20N6O2/c1-3-4-5-6-26-16(9-13(2)24-26)19(27)23-20-22-15-10-14(12-21)11-17-18(15)25(20)7-8-28-17/h3,9-11H,1,4-8H2,2H3,(H,22,23,27). The van der Waals surface area contributed by atoms with Crippen molar-refractivity contribution in [1.82, 2.24) is 19.3 Å². The number of amides is 1. The molecule has 1 aliphatic rings. The number of rotatable bonds is 6. The number of nitrogens with one attached hydrogen (secondary N) is 1. The number of benzene rings is 1. The Labute approximate surface area is 162 Å². The average molecular weight is 376 g/mol. The maximum absolute atomic E-state index is 12.9. The van der Waals surface area contributed by atoms with Crippen LogP contribution in [0, 0.1) is 18.3 Å². The van der Waals surface area contributed by atoms with Gasteiger partial charge in [-0.15, -0.1) is 6.58 Å². The number of nitrogens with zero attached hydrogens (tertiary/aromatic N) is 5. The monoisotopic (exact) mass is 376 g/mol. The largest absolute Gasteiger partial charge is 0.489 e. The molecule has 0 unspecified atom stereocenters. The van der Waals surface area contributed by atoms with Crippen LogP contribution in [0.15, 0.2) is 30.9 Å². The van der Waals surface area contributed by atoms with Gasteiger partial charge in [0.2, 0.25) is 5.95 Å². The van der Waals surface area contributed by atoms with Gasteiger partial charge in [0, 0.05) is 12.6 Å². The average Bonchev–Trinajstić information content (AvgIpc) is 3.23. The molecule has 8 heteroatoms. The molecule has 3 aromatic rings. The lowest BCUT2D eigenvalue weighted by Gasteiger charge is -2.18. The van der Waals surface area contributed by atoms with Gasteiger partial charge in [-0.25, -0.2) is 4.98 Å². The number of hydrogen-bond donors (Lipinski definition) is 1. The zero-order valence-electron chi connectivity index (χ0n) is 15.6. The summed E-state index contributed by atoms with van der Waals surface area (Å²) in [6, 6.07) is 7.28. The van der Waals surface area contributed by atoms with Crippen LogP contribution in [0.2, 0.25) is 0 Å². The zero-order valence-corrected chi connectivity index (χ0v) is 15.6. The molecule has 142 valence electrons. The van der Waals surface area contributed by atoms with E-state index in [1.165, 1.54) is 0 Å². The maximum Gasteiger partial charge on any atom is 0.276 e. The highest BCUT2D eigenvalue weighted by atomic mass is 16.5. The Balaban J connectivity index is 1.66. The normalized spacial score (nSPS) is 12.4. The number of anilines is 1. The lowest BCUT2D eigenvalue weighted by Crippen LogP contribution is -2.22. The van der Waals surface area contributed by atoms with E-state index in [1.54, 1.807) is 22.9 Å². The molecule has 1 aromatic carbocycles. The molecule has 0 radical (unpaired) electrons. The number of nitriles is 1. The van der Waals surface area contributed by atoms with Gasteiger partial charge in [0.15, 0.2) is 0 Å². The van der Waals surface area contributed by atoms with Gasteiger partial charge < -0.3 is 9.30 Å². The van der Waals surface area contributed by atoms with Crippen LogP contribution >= 0.6 is 0 Å². The minimum atomic E-state index is -0.265. The zero-order chi connectivity index (χ0) is 19.7. The molecule has 0 atom stereocenters. The van der Waals surface area contributed by atoms with Gasteiger partial charge in [0.25, 0.3) is 5.91 Å². The highest BCUT2D eigenvalue weighted by molar-refractivity contribution is 6.03. The molecule has 1 amide bonds. The fourth-order valence-electron chi connectivity index (χ4n) is 3.41. The van der Waals surface area contributed by atoms with Crippen molar-refractivity contribution in [3.8, 4) is 11.8 Å². The fourth-order valence-corrected chi connectivity index (χ4v) is 3.41. The minimum Gasteiger partial charge on any atom is -0.489 e. The number of unbranched alkanes of at least 4 members (excludes halogenated alkanes) is 1. The molecule has 3 heterocycles. The lowest BCUT2D eigenvalue weighted by molar-refractivity contribution is 0.101. The van der Waals surface area contributed by atoms with Crippen LogP contribution in [0.1, 0.15) is 34.6 Å². The summed E-state index contributed by atoms with van der Waals surface area (Å²) >= 11 is 0. The van der Waals surface area contributed by atoms with Crippen molar-refractivity contribution in [1.29, 1.82) is 5.26 Å². The van der Waals surface area contributed by atoms with E-state index in [4.69, 9.17) is 4.74 Å². The van der Waals surface area contributed by atoms with Crippen molar-refractivity contribution in [2.75, 3.05) is 11.9 Å². The highest BCUT2D eigenvalue weighted by Crippen LogP contribution is 2.33. The van der Waals surface area contributed by atoms with E-state index in [1.807, 2.05) is 17.6 Å². The van der Waals surface area contributed by atoms with Gasteiger partial charge in [-0.05, 0) is 31.9 Å². The number of hydrogen-bond acceptors (Lipinski definition) is 5. The Kier molecular flexibility index (Phi) is 4.57. The van der Waals surface area contributed by atoms with Crippen LogP contribution in [0.25, 0.3) is 11.0 Å². The summed E-state index contributed by atoms with van der Waals surface area (Å²) in [5, 5.41) is 16.5. The third-order valence-electron chi connectivity index (χ3n) is 4.65. The molecule has 0 bridgehead atoms. The molecular weight excluding hydrogens is 356 g/mol. The number of aryl methyl sites for hydroxylation is 2. The van der Waals surface area contributed by atoms with E-state index in [-0.39, 0.29) is 5.91 Å². The van der Waals surface area contributed by atoms with E-state index in [2.05, 4.69) is 28.0 Å². The first-order chi connectivity index (χ1) is 13.6. The van der Waals surface area contributed by atoms with Crippen LogP contribution < -0.4 is 10.1 Å². The summed E-state index contributed by atoms with van der Waals surface area (Å²) in [6.07, 6.45) is 3.58. The van der Waals surface area contributed by atoms with E-state index in [0.717, 1.165) is 24.1 Å². The molecule has 8 nitrogen and oxygen atoms in total. The summed E-state index contributed by atoms with van der Waals surface area (Å²) in [6.45, 7) is 7.25. The second-order valence-corrected chi connectivity index (χ2v) is 6.67. The van der Waals surface area contributed by atoms with E-state index < -0.39 is 0 Å². The van der Waals surface area contributed by atoms with Gasteiger partial charge >= 0.3 is 0 Å². The summed E-state index contributed by atoms with van der Waals surface area (Å²) in [5.74, 6) is 0.786. The predicted octanol–water partition coefficient (Wildman–Crippen LogP) is 3.02. The molecule has 0 saturated heterocycles. The third kappa shape index (κ3) is 3.11. The van der Waals surface area contributed by atoms with Crippen molar-refractivity contribution in [3.63, 3.8) is 0 Å². The van der Waals surface area contributed by atoms with Gasteiger partial charge in [-0.3, -0.25) is 14.8 Å². The second-order valence-electron chi connectivity index (χ2n) is 6.67. The van der Waals surface area contributed by atoms with Crippen LogP contribution in [-0.4, -0.2) is 31.8 Å². The quantitative estimate of drug-likeness (QED) is 0.527. The molecule has 4 rings (SSSR count). The number of aromatic nitrogens is 4. The molecule has 0 aliphatic carbocycles. The Morgan fingerprint density at radius 1 is 1.46 bits per heavy atom. The topological polar surface area (TPSA) is 97.8 Å². The van der Waals surface area contributed by atoms with Crippen molar-refractivity contribution >= 4 is 22.9 Å². The van der Waals surface area contributed by atoms with Crippen molar-refractivity contribution < 1.29 is 9.53 Å². The first kappa shape index (κ1) is 17.8. The number of imidazole rings is 1.